The summed E-state index contributed by atoms with van der Waals surface area (Å²) in [6.45, 7) is 7.95. The normalized spacial score (nSPS) is 14.9. The molecule has 3 rings (SSSR count). The van der Waals surface area contributed by atoms with Crippen LogP contribution in [0.3, 0.4) is 0 Å². The molecule has 1 fully saturated rings. The molecule has 0 amide bonds. The smallest absolute Gasteiger partial charge is 0.292 e. The van der Waals surface area contributed by atoms with Crippen molar-refractivity contribution in [2.45, 2.75) is 26.3 Å². The summed E-state index contributed by atoms with van der Waals surface area (Å²) in [4.78, 5) is 15.9. The summed E-state index contributed by atoms with van der Waals surface area (Å²) in [5, 5.41) is 14.7. The standard InChI is InChI=1S/C21H28N4O2/c1-2-3-11-23-12-14-24(15-13-23)19-9-10-21(25(26)27)20(16-19)22-17-18-7-5-4-6-8-18/h4-10,16,22H,2-3,11-15,17H2,1H3. The Balaban J connectivity index is 1.69. The van der Waals surface area contributed by atoms with Gasteiger partial charge in [0.25, 0.3) is 5.69 Å². The van der Waals surface area contributed by atoms with E-state index in [1.54, 1.807) is 6.07 Å². The second kappa shape index (κ2) is 9.37. The van der Waals surface area contributed by atoms with Crippen molar-refractivity contribution in [2.75, 3.05) is 42.9 Å². The second-order valence-corrected chi connectivity index (χ2v) is 6.98. The first-order chi connectivity index (χ1) is 13.2. The number of nitrogens with zero attached hydrogens (tertiary/aromatic N) is 3. The molecule has 1 N–H and O–H groups in total. The number of unbranched alkanes of at least 4 members (excludes halogenated alkanes) is 1. The Morgan fingerprint density at radius 3 is 2.48 bits per heavy atom. The highest BCUT2D eigenvalue weighted by molar-refractivity contribution is 5.69. The van der Waals surface area contributed by atoms with E-state index in [1.807, 2.05) is 42.5 Å². The number of hydrogen-bond donors (Lipinski definition) is 1. The Kier molecular flexibility index (Phi) is 6.65. The Morgan fingerprint density at radius 1 is 1.07 bits per heavy atom. The van der Waals surface area contributed by atoms with Crippen LogP contribution >= 0.6 is 0 Å². The van der Waals surface area contributed by atoms with Gasteiger partial charge in [-0.2, -0.15) is 0 Å². The number of nitro benzene ring substituents is 1. The fraction of sp³-hybridized carbons (Fsp3) is 0.429. The second-order valence-electron chi connectivity index (χ2n) is 6.98. The summed E-state index contributed by atoms with van der Waals surface area (Å²) in [6, 6.07) is 15.3. The molecule has 1 aliphatic heterocycles. The molecule has 0 saturated carbocycles. The molecule has 0 radical (unpaired) electrons. The molecule has 0 bridgehead atoms. The van der Waals surface area contributed by atoms with E-state index in [4.69, 9.17) is 0 Å². The Morgan fingerprint density at radius 2 is 1.81 bits per heavy atom. The molecular formula is C21H28N4O2. The summed E-state index contributed by atoms with van der Waals surface area (Å²) in [7, 11) is 0. The zero-order valence-electron chi connectivity index (χ0n) is 15.9. The summed E-state index contributed by atoms with van der Waals surface area (Å²) in [5.41, 5.74) is 2.85. The minimum absolute atomic E-state index is 0.122. The van der Waals surface area contributed by atoms with Crippen molar-refractivity contribution in [3.05, 3.63) is 64.2 Å². The van der Waals surface area contributed by atoms with Gasteiger partial charge in [0, 0.05) is 44.5 Å². The van der Waals surface area contributed by atoms with Crippen LogP contribution in [0.2, 0.25) is 0 Å². The molecule has 1 saturated heterocycles. The number of anilines is 2. The van der Waals surface area contributed by atoms with Gasteiger partial charge in [0.2, 0.25) is 0 Å². The number of nitrogens with one attached hydrogen (secondary N) is 1. The SMILES string of the molecule is CCCCN1CCN(c2ccc([N+](=O)[O-])c(NCc3ccccc3)c2)CC1. The van der Waals surface area contributed by atoms with Gasteiger partial charge < -0.3 is 10.2 Å². The fourth-order valence-corrected chi connectivity index (χ4v) is 3.43. The Hall–Kier alpha value is -2.60. The molecule has 0 aromatic heterocycles. The molecule has 27 heavy (non-hydrogen) atoms. The van der Waals surface area contributed by atoms with Crippen molar-refractivity contribution in [2.24, 2.45) is 0 Å². The lowest BCUT2D eigenvalue weighted by Gasteiger charge is -2.36. The third-order valence-electron chi connectivity index (χ3n) is 5.07. The molecule has 144 valence electrons. The maximum absolute atomic E-state index is 11.4. The molecule has 2 aromatic rings. The van der Waals surface area contributed by atoms with E-state index in [0.29, 0.717) is 12.2 Å². The maximum atomic E-state index is 11.4. The minimum atomic E-state index is -0.320. The minimum Gasteiger partial charge on any atom is -0.375 e. The Bertz CT molecular complexity index is 743. The van der Waals surface area contributed by atoms with Gasteiger partial charge in [-0.15, -0.1) is 0 Å². The number of piperazine rings is 1. The molecule has 2 aromatic carbocycles. The zero-order valence-corrected chi connectivity index (χ0v) is 15.9. The van der Waals surface area contributed by atoms with E-state index in [9.17, 15) is 10.1 Å². The highest BCUT2D eigenvalue weighted by Gasteiger charge is 2.20. The van der Waals surface area contributed by atoms with Gasteiger partial charge in [0.15, 0.2) is 0 Å². The zero-order chi connectivity index (χ0) is 19.1. The summed E-state index contributed by atoms with van der Waals surface area (Å²) in [5.74, 6) is 0. The highest BCUT2D eigenvalue weighted by Crippen LogP contribution is 2.30. The molecule has 6 heteroatoms. The predicted molar refractivity (Wildman–Crippen MR) is 110 cm³/mol. The molecule has 0 aliphatic carbocycles. The quantitative estimate of drug-likeness (QED) is 0.561. The van der Waals surface area contributed by atoms with Gasteiger partial charge in [-0.25, -0.2) is 0 Å². The number of nitro groups is 1. The van der Waals surface area contributed by atoms with Crippen molar-refractivity contribution in [1.29, 1.82) is 0 Å². The third-order valence-corrected chi connectivity index (χ3v) is 5.07. The van der Waals surface area contributed by atoms with E-state index in [-0.39, 0.29) is 10.6 Å². The predicted octanol–water partition coefficient (Wildman–Crippen LogP) is 4.13. The molecule has 0 spiro atoms. The Labute approximate surface area is 160 Å². The average Bonchev–Trinajstić information content (AvgIpc) is 2.71. The first-order valence-corrected chi connectivity index (χ1v) is 9.71. The number of hydrogen-bond acceptors (Lipinski definition) is 5. The van der Waals surface area contributed by atoms with Crippen LogP contribution in [0.4, 0.5) is 17.1 Å². The van der Waals surface area contributed by atoms with Crippen molar-refractivity contribution >= 4 is 17.1 Å². The third kappa shape index (κ3) is 5.20. The molecule has 1 heterocycles. The average molecular weight is 368 g/mol. The lowest BCUT2D eigenvalue weighted by molar-refractivity contribution is -0.384. The van der Waals surface area contributed by atoms with E-state index >= 15 is 0 Å². The molecule has 0 atom stereocenters. The molecule has 6 nitrogen and oxygen atoms in total. The van der Waals surface area contributed by atoms with Crippen LogP contribution in [0.1, 0.15) is 25.3 Å². The molecule has 0 unspecified atom stereocenters. The number of rotatable bonds is 8. The maximum Gasteiger partial charge on any atom is 0.292 e. The molecular weight excluding hydrogens is 340 g/mol. The lowest BCUT2D eigenvalue weighted by atomic mass is 10.1. The molecule has 1 aliphatic rings. The first kappa shape index (κ1) is 19.2. The van der Waals surface area contributed by atoms with Crippen LogP contribution < -0.4 is 10.2 Å². The van der Waals surface area contributed by atoms with Crippen molar-refractivity contribution in [3.8, 4) is 0 Å². The van der Waals surface area contributed by atoms with Crippen LogP contribution in [-0.2, 0) is 6.54 Å². The van der Waals surface area contributed by atoms with Crippen LogP contribution in [0, 0.1) is 10.1 Å². The van der Waals surface area contributed by atoms with Crippen molar-refractivity contribution in [1.82, 2.24) is 4.90 Å². The van der Waals surface area contributed by atoms with Gasteiger partial charge in [-0.3, -0.25) is 15.0 Å². The van der Waals surface area contributed by atoms with E-state index in [1.165, 1.54) is 12.8 Å². The van der Waals surface area contributed by atoms with Gasteiger partial charge in [-0.05, 0) is 30.7 Å². The summed E-state index contributed by atoms with van der Waals surface area (Å²) >= 11 is 0. The monoisotopic (exact) mass is 368 g/mol. The van der Waals surface area contributed by atoms with E-state index in [0.717, 1.165) is 44.0 Å². The van der Waals surface area contributed by atoms with Crippen LogP contribution in [-0.4, -0.2) is 42.5 Å². The van der Waals surface area contributed by atoms with Gasteiger partial charge in [-0.1, -0.05) is 43.7 Å². The van der Waals surface area contributed by atoms with Gasteiger partial charge >= 0.3 is 0 Å². The summed E-state index contributed by atoms with van der Waals surface area (Å²) < 4.78 is 0. The lowest BCUT2D eigenvalue weighted by Crippen LogP contribution is -2.46. The van der Waals surface area contributed by atoms with E-state index in [2.05, 4.69) is 22.0 Å². The van der Waals surface area contributed by atoms with Crippen LogP contribution in [0.5, 0.6) is 0 Å². The first-order valence-electron chi connectivity index (χ1n) is 9.71. The van der Waals surface area contributed by atoms with Gasteiger partial charge in [0.05, 0.1) is 4.92 Å². The van der Waals surface area contributed by atoms with Gasteiger partial charge in [0.1, 0.15) is 5.69 Å². The number of benzene rings is 2. The largest absolute Gasteiger partial charge is 0.375 e. The van der Waals surface area contributed by atoms with Crippen molar-refractivity contribution in [3.63, 3.8) is 0 Å². The van der Waals surface area contributed by atoms with Crippen LogP contribution in [0.15, 0.2) is 48.5 Å². The van der Waals surface area contributed by atoms with E-state index < -0.39 is 0 Å². The van der Waals surface area contributed by atoms with Crippen molar-refractivity contribution < 1.29 is 4.92 Å². The highest BCUT2D eigenvalue weighted by atomic mass is 16.6. The fourth-order valence-electron chi connectivity index (χ4n) is 3.43. The van der Waals surface area contributed by atoms with Crippen LogP contribution in [0.25, 0.3) is 0 Å². The topological polar surface area (TPSA) is 61.7 Å². The summed E-state index contributed by atoms with van der Waals surface area (Å²) in [6.07, 6.45) is 2.46.